The predicted octanol–water partition coefficient (Wildman–Crippen LogP) is 4.87. The number of anilines is 2. The Morgan fingerprint density at radius 2 is 1.70 bits per heavy atom. The van der Waals surface area contributed by atoms with Crippen molar-refractivity contribution in [3.8, 4) is 5.75 Å². The number of esters is 1. The van der Waals surface area contributed by atoms with Crippen molar-refractivity contribution in [2.75, 3.05) is 18.4 Å². The maximum atomic E-state index is 11.0. The molecule has 3 N–H and O–H groups in total. The van der Waals surface area contributed by atoms with Crippen molar-refractivity contribution < 1.29 is 14.6 Å². The van der Waals surface area contributed by atoms with Crippen molar-refractivity contribution in [1.82, 2.24) is 5.32 Å². The van der Waals surface area contributed by atoms with Gasteiger partial charge in [0.05, 0.1) is 6.10 Å². The van der Waals surface area contributed by atoms with Gasteiger partial charge in [0.1, 0.15) is 5.75 Å². The van der Waals surface area contributed by atoms with Crippen LogP contribution in [-0.4, -0.2) is 24.2 Å². The van der Waals surface area contributed by atoms with Crippen LogP contribution in [0.1, 0.15) is 24.2 Å². The van der Waals surface area contributed by atoms with Crippen LogP contribution < -0.4 is 15.4 Å². The molecule has 0 saturated carbocycles. The normalized spacial score (nSPS) is 11.7. The SMILES string of the molecule is CC(=O)Oc1ccc(Nc2ccc(CCNC[C@@H](O)c3cccc(Cl)c3)cc2)cc1. The first-order chi connectivity index (χ1) is 14.5. The van der Waals surface area contributed by atoms with E-state index in [4.69, 9.17) is 16.3 Å². The Kier molecular flexibility index (Phi) is 7.85. The number of hydrogen-bond donors (Lipinski definition) is 3. The second-order valence-corrected chi connectivity index (χ2v) is 7.40. The van der Waals surface area contributed by atoms with Gasteiger partial charge in [0.2, 0.25) is 0 Å². The summed E-state index contributed by atoms with van der Waals surface area (Å²) in [4.78, 5) is 11.0. The van der Waals surface area contributed by atoms with Crippen LogP contribution in [0.15, 0.2) is 72.8 Å². The number of hydrogen-bond acceptors (Lipinski definition) is 5. The first kappa shape index (κ1) is 21.8. The van der Waals surface area contributed by atoms with Crippen LogP contribution >= 0.6 is 11.6 Å². The molecule has 1 atom stereocenters. The lowest BCUT2D eigenvalue weighted by Gasteiger charge is -2.13. The largest absolute Gasteiger partial charge is 0.427 e. The zero-order chi connectivity index (χ0) is 21.3. The number of carbonyl (C=O) groups is 1. The number of aliphatic hydroxyl groups excluding tert-OH is 1. The second-order valence-electron chi connectivity index (χ2n) is 6.96. The molecule has 3 aromatic carbocycles. The van der Waals surface area contributed by atoms with E-state index in [1.165, 1.54) is 12.5 Å². The van der Waals surface area contributed by atoms with Crippen molar-refractivity contribution >= 4 is 28.9 Å². The molecule has 3 aromatic rings. The fourth-order valence-electron chi connectivity index (χ4n) is 3.00. The molecule has 0 amide bonds. The van der Waals surface area contributed by atoms with Gasteiger partial charge >= 0.3 is 5.97 Å². The molecule has 156 valence electrons. The summed E-state index contributed by atoms with van der Waals surface area (Å²) in [5, 5.41) is 17.4. The molecule has 5 nitrogen and oxygen atoms in total. The van der Waals surface area contributed by atoms with Gasteiger partial charge in [-0.3, -0.25) is 4.79 Å². The van der Waals surface area contributed by atoms with Crippen LogP contribution in [0.4, 0.5) is 11.4 Å². The van der Waals surface area contributed by atoms with E-state index in [-0.39, 0.29) is 5.97 Å². The number of aliphatic hydroxyl groups is 1. The number of carbonyl (C=O) groups excluding carboxylic acids is 1. The monoisotopic (exact) mass is 424 g/mol. The summed E-state index contributed by atoms with van der Waals surface area (Å²) in [6.45, 7) is 2.62. The third kappa shape index (κ3) is 6.88. The lowest BCUT2D eigenvalue weighted by atomic mass is 10.1. The summed E-state index contributed by atoms with van der Waals surface area (Å²) in [7, 11) is 0. The number of rotatable bonds is 9. The number of halogens is 1. The summed E-state index contributed by atoms with van der Waals surface area (Å²) in [5.41, 5.74) is 3.90. The first-order valence-electron chi connectivity index (χ1n) is 9.78. The van der Waals surface area contributed by atoms with E-state index in [1.807, 2.05) is 36.4 Å². The molecule has 0 spiro atoms. The van der Waals surface area contributed by atoms with Crippen molar-refractivity contribution in [2.24, 2.45) is 0 Å². The zero-order valence-electron chi connectivity index (χ0n) is 16.8. The van der Waals surface area contributed by atoms with Crippen molar-refractivity contribution in [1.29, 1.82) is 0 Å². The lowest BCUT2D eigenvalue weighted by Crippen LogP contribution is -2.23. The van der Waals surface area contributed by atoms with Gasteiger partial charge in [0.15, 0.2) is 0 Å². The maximum Gasteiger partial charge on any atom is 0.308 e. The zero-order valence-corrected chi connectivity index (χ0v) is 17.5. The molecule has 0 aliphatic carbocycles. The summed E-state index contributed by atoms with van der Waals surface area (Å²) in [6.07, 6.45) is 0.280. The summed E-state index contributed by atoms with van der Waals surface area (Å²) >= 11 is 5.96. The molecule has 6 heteroatoms. The highest BCUT2D eigenvalue weighted by molar-refractivity contribution is 6.30. The number of benzene rings is 3. The van der Waals surface area contributed by atoms with Crippen LogP contribution in [-0.2, 0) is 11.2 Å². The summed E-state index contributed by atoms with van der Waals surface area (Å²) < 4.78 is 5.03. The average Bonchev–Trinajstić information content (AvgIpc) is 2.73. The van der Waals surface area contributed by atoms with Crippen molar-refractivity contribution in [3.05, 3.63) is 88.9 Å². The Balaban J connectivity index is 1.42. The van der Waals surface area contributed by atoms with Gasteiger partial charge in [-0.2, -0.15) is 0 Å². The molecule has 0 bridgehead atoms. The second kappa shape index (κ2) is 10.8. The third-order valence-electron chi connectivity index (χ3n) is 4.52. The standard InChI is InChI=1S/C24H25ClN2O3/c1-17(28)30-23-11-9-22(10-12-23)27-21-7-5-18(6-8-21)13-14-26-16-24(29)19-3-2-4-20(25)15-19/h2-12,15,24,26-27,29H,13-14,16H2,1H3/t24-/m1/s1. The summed E-state index contributed by atoms with van der Waals surface area (Å²) in [5.74, 6) is 0.191. The third-order valence-corrected chi connectivity index (χ3v) is 4.76. The van der Waals surface area contributed by atoms with E-state index < -0.39 is 6.10 Å². The van der Waals surface area contributed by atoms with Crippen LogP contribution in [0.5, 0.6) is 5.75 Å². The van der Waals surface area contributed by atoms with Crippen molar-refractivity contribution in [3.63, 3.8) is 0 Å². The van der Waals surface area contributed by atoms with Gasteiger partial charge in [0.25, 0.3) is 0 Å². The molecule has 0 aromatic heterocycles. The van der Waals surface area contributed by atoms with Crippen LogP contribution in [0, 0.1) is 0 Å². The Hall–Kier alpha value is -2.86. The molecule has 0 aliphatic heterocycles. The molecule has 30 heavy (non-hydrogen) atoms. The number of ether oxygens (including phenoxy) is 1. The summed E-state index contributed by atoms with van der Waals surface area (Å²) in [6, 6.07) is 22.7. The number of nitrogens with one attached hydrogen (secondary N) is 2. The van der Waals surface area contributed by atoms with Gasteiger partial charge in [0, 0.05) is 29.9 Å². The molecule has 0 saturated heterocycles. The molecular weight excluding hydrogens is 400 g/mol. The van der Waals surface area contributed by atoms with E-state index >= 15 is 0 Å². The quantitative estimate of drug-likeness (QED) is 0.259. The van der Waals surface area contributed by atoms with Gasteiger partial charge < -0.3 is 20.5 Å². The van der Waals surface area contributed by atoms with E-state index in [0.717, 1.165) is 29.9 Å². The molecule has 0 radical (unpaired) electrons. The fourth-order valence-corrected chi connectivity index (χ4v) is 3.20. The first-order valence-corrected chi connectivity index (χ1v) is 10.2. The average molecular weight is 425 g/mol. The van der Waals surface area contributed by atoms with Gasteiger partial charge in [-0.15, -0.1) is 0 Å². The van der Waals surface area contributed by atoms with Gasteiger partial charge in [-0.25, -0.2) is 0 Å². The Morgan fingerprint density at radius 3 is 2.33 bits per heavy atom. The minimum Gasteiger partial charge on any atom is -0.427 e. The molecular formula is C24H25ClN2O3. The van der Waals surface area contributed by atoms with E-state index in [1.54, 1.807) is 24.3 Å². The van der Waals surface area contributed by atoms with E-state index in [0.29, 0.717) is 17.3 Å². The van der Waals surface area contributed by atoms with Crippen molar-refractivity contribution in [2.45, 2.75) is 19.4 Å². The molecule has 0 heterocycles. The Morgan fingerprint density at radius 1 is 1.03 bits per heavy atom. The molecule has 0 aliphatic rings. The minimum absolute atomic E-state index is 0.334. The Labute approximate surface area is 181 Å². The molecule has 3 rings (SSSR count). The highest BCUT2D eigenvalue weighted by atomic mass is 35.5. The predicted molar refractivity (Wildman–Crippen MR) is 120 cm³/mol. The maximum absolute atomic E-state index is 11.0. The fraction of sp³-hybridized carbons (Fsp3) is 0.208. The highest BCUT2D eigenvalue weighted by Gasteiger charge is 2.07. The van der Waals surface area contributed by atoms with Gasteiger partial charge in [-0.1, -0.05) is 35.9 Å². The van der Waals surface area contributed by atoms with Crippen LogP contribution in [0.2, 0.25) is 5.02 Å². The lowest BCUT2D eigenvalue weighted by molar-refractivity contribution is -0.131. The van der Waals surface area contributed by atoms with Gasteiger partial charge in [-0.05, 0) is 72.6 Å². The minimum atomic E-state index is -0.581. The Bertz CT molecular complexity index is 959. The topological polar surface area (TPSA) is 70.6 Å². The van der Waals surface area contributed by atoms with E-state index in [2.05, 4.69) is 22.8 Å². The van der Waals surface area contributed by atoms with Crippen LogP contribution in [0.3, 0.4) is 0 Å². The smallest absolute Gasteiger partial charge is 0.308 e. The van der Waals surface area contributed by atoms with E-state index in [9.17, 15) is 9.90 Å². The molecule has 0 fully saturated rings. The highest BCUT2D eigenvalue weighted by Crippen LogP contribution is 2.21. The molecule has 0 unspecified atom stereocenters. The van der Waals surface area contributed by atoms with Crippen LogP contribution in [0.25, 0.3) is 0 Å².